The zero-order valence-corrected chi connectivity index (χ0v) is 9.36. The fraction of sp³-hybridized carbons (Fsp3) is 0.167. The Kier molecular flexibility index (Phi) is 2.83. The Morgan fingerprint density at radius 3 is 2.50 bits per heavy atom. The molecular formula is C12H8F3N3. The van der Waals surface area contributed by atoms with E-state index in [1.165, 1.54) is 16.8 Å². The minimum Gasteiger partial charge on any atom is -0.241 e. The average molecular weight is 251 g/mol. The summed E-state index contributed by atoms with van der Waals surface area (Å²) < 4.78 is 39.2. The number of hydrogen-bond acceptors (Lipinski definition) is 2. The smallest absolute Gasteiger partial charge is 0.241 e. The van der Waals surface area contributed by atoms with Crippen LogP contribution in [0, 0.1) is 18.3 Å². The lowest BCUT2D eigenvalue weighted by atomic mass is 10.1. The molecule has 0 saturated carbocycles. The van der Waals surface area contributed by atoms with E-state index in [0.717, 1.165) is 11.8 Å². The molecule has 0 radical (unpaired) electrons. The van der Waals surface area contributed by atoms with E-state index in [1.807, 2.05) is 0 Å². The van der Waals surface area contributed by atoms with Crippen LogP contribution < -0.4 is 0 Å². The highest BCUT2D eigenvalue weighted by Crippen LogP contribution is 2.32. The fourth-order valence-electron chi connectivity index (χ4n) is 1.57. The Morgan fingerprint density at radius 2 is 2.00 bits per heavy atom. The van der Waals surface area contributed by atoms with Gasteiger partial charge in [0.15, 0.2) is 0 Å². The molecule has 0 unspecified atom stereocenters. The average Bonchev–Trinajstić information content (AvgIpc) is 2.74. The van der Waals surface area contributed by atoms with E-state index in [-0.39, 0.29) is 0 Å². The van der Waals surface area contributed by atoms with Crippen molar-refractivity contribution in [3.8, 4) is 11.8 Å². The number of aryl methyl sites for hydroxylation is 1. The maximum absolute atomic E-state index is 12.6. The number of benzene rings is 1. The van der Waals surface area contributed by atoms with E-state index >= 15 is 0 Å². The molecule has 0 saturated heterocycles. The predicted octanol–water partition coefficient (Wildman–Crippen LogP) is 3.07. The molecule has 18 heavy (non-hydrogen) atoms. The first-order valence-electron chi connectivity index (χ1n) is 5.06. The van der Waals surface area contributed by atoms with Crippen LogP contribution in [0.5, 0.6) is 0 Å². The molecule has 0 N–H and O–H groups in total. The molecule has 0 amide bonds. The number of alkyl halides is 3. The summed E-state index contributed by atoms with van der Waals surface area (Å²) in [4.78, 5) is 0. The molecule has 0 aliphatic rings. The monoisotopic (exact) mass is 251 g/mol. The molecule has 1 heterocycles. The minimum atomic E-state index is -4.52. The van der Waals surface area contributed by atoms with E-state index in [1.54, 1.807) is 25.3 Å². The summed E-state index contributed by atoms with van der Waals surface area (Å²) in [5, 5.41) is 12.9. The van der Waals surface area contributed by atoms with E-state index < -0.39 is 17.3 Å². The Morgan fingerprint density at radius 1 is 1.28 bits per heavy atom. The van der Waals surface area contributed by atoms with Crippen LogP contribution in [0.3, 0.4) is 0 Å². The summed E-state index contributed by atoms with van der Waals surface area (Å²) in [5.41, 5.74) is -0.174. The molecule has 0 atom stereocenters. The van der Waals surface area contributed by atoms with Crippen molar-refractivity contribution in [2.45, 2.75) is 13.1 Å². The van der Waals surface area contributed by atoms with Crippen LogP contribution in [-0.2, 0) is 6.18 Å². The van der Waals surface area contributed by atoms with E-state index in [0.29, 0.717) is 5.69 Å². The summed E-state index contributed by atoms with van der Waals surface area (Å²) in [5.74, 6) is 0. The SMILES string of the molecule is Cc1ccn(-c2ccc(C(F)(F)F)c(C#N)c2)n1. The van der Waals surface area contributed by atoms with Crippen molar-refractivity contribution in [3.05, 3.63) is 47.3 Å². The third-order valence-electron chi connectivity index (χ3n) is 2.42. The van der Waals surface area contributed by atoms with Gasteiger partial charge in [-0.1, -0.05) is 0 Å². The van der Waals surface area contributed by atoms with Crippen LogP contribution in [0.15, 0.2) is 30.5 Å². The summed E-state index contributed by atoms with van der Waals surface area (Å²) in [6.45, 7) is 1.77. The molecule has 0 bridgehead atoms. The lowest BCUT2D eigenvalue weighted by Crippen LogP contribution is -2.08. The molecule has 2 rings (SSSR count). The van der Waals surface area contributed by atoms with Gasteiger partial charge in [-0.25, -0.2) is 4.68 Å². The Hall–Kier alpha value is -2.29. The normalized spacial score (nSPS) is 11.3. The molecule has 0 aliphatic carbocycles. The Labute approximate surface area is 101 Å². The molecule has 1 aromatic heterocycles. The topological polar surface area (TPSA) is 41.6 Å². The first kappa shape index (κ1) is 12.2. The van der Waals surface area contributed by atoms with Crippen LogP contribution >= 0.6 is 0 Å². The van der Waals surface area contributed by atoms with E-state index in [2.05, 4.69) is 5.10 Å². The maximum Gasteiger partial charge on any atom is 0.417 e. The summed E-state index contributed by atoms with van der Waals surface area (Å²) in [6.07, 6.45) is -2.90. The highest BCUT2D eigenvalue weighted by molar-refractivity contribution is 5.47. The second-order valence-electron chi connectivity index (χ2n) is 3.74. The molecule has 0 aliphatic heterocycles. The van der Waals surface area contributed by atoms with Crippen molar-refractivity contribution in [3.63, 3.8) is 0 Å². The van der Waals surface area contributed by atoms with Gasteiger partial charge in [-0.15, -0.1) is 0 Å². The number of nitriles is 1. The third-order valence-corrected chi connectivity index (χ3v) is 2.42. The predicted molar refractivity (Wildman–Crippen MR) is 58.0 cm³/mol. The number of halogens is 3. The molecule has 0 spiro atoms. The van der Waals surface area contributed by atoms with Gasteiger partial charge in [-0.2, -0.15) is 23.5 Å². The fourth-order valence-corrected chi connectivity index (χ4v) is 1.57. The van der Waals surface area contributed by atoms with Gasteiger partial charge in [-0.05, 0) is 31.2 Å². The molecule has 0 fully saturated rings. The summed E-state index contributed by atoms with van der Waals surface area (Å²) >= 11 is 0. The van der Waals surface area contributed by atoms with Gasteiger partial charge < -0.3 is 0 Å². The van der Waals surface area contributed by atoms with Gasteiger partial charge in [0.25, 0.3) is 0 Å². The van der Waals surface area contributed by atoms with Crippen LogP contribution in [0.4, 0.5) is 13.2 Å². The number of hydrogen-bond donors (Lipinski definition) is 0. The highest BCUT2D eigenvalue weighted by Gasteiger charge is 2.33. The summed E-state index contributed by atoms with van der Waals surface area (Å²) in [7, 11) is 0. The van der Waals surface area contributed by atoms with Crippen LogP contribution in [-0.4, -0.2) is 9.78 Å². The zero-order chi connectivity index (χ0) is 13.3. The molecule has 1 aromatic carbocycles. The molecule has 6 heteroatoms. The number of aromatic nitrogens is 2. The van der Waals surface area contributed by atoms with Crippen molar-refractivity contribution in [1.29, 1.82) is 5.26 Å². The van der Waals surface area contributed by atoms with Gasteiger partial charge in [0.05, 0.1) is 28.6 Å². The third kappa shape index (κ3) is 2.20. The van der Waals surface area contributed by atoms with Crippen LogP contribution in [0.2, 0.25) is 0 Å². The second kappa shape index (κ2) is 4.18. The van der Waals surface area contributed by atoms with Gasteiger partial charge in [0, 0.05) is 6.20 Å². The van der Waals surface area contributed by atoms with Crippen molar-refractivity contribution in [2.24, 2.45) is 0 Å². The zero-order valence-electron chi connectivity index (χ0n) is 9.36. The first-order valence-corrected chi connectivity index (χ1v) is 5.06. The molecule has 2 aromatic rings. The largest absolute Gasteiger partial charge is 0.417 e. The van der Waals surface area contributed by atoms with Crippen LogP contribution in [0.25, 0.3) is 5.69 Å². The minimum absolute atomic E-state index is 0.409. The number of nitrogens with zero attached hydrogens (tertiary/aromatic N) is 3. The Bertz CT molecular complexity index is 620. The maximum atomic E-state index is 12.6. The van der Waals surface area contributed by atoms with Crippen molar-refractivity contribution >= 4 is 0 Å². The van der Waals surface area contributed by atoms with Crippen LogP contribution in [0.1, 0.15) is 16.8 Å². The lowest BCUT2D eigenvalue weighted by molar-refractivity contribution is -0.137. The molecule has 92 valence electrons. The van der Waals surface area contributed by atoms with Crippen molar-refractivity contribution < 1.29 is 13.2 Å². The standard InChI is InChI=1S/C12H8F3N3/c1-8-4-5-18(17-8)10-2-3-11(12(13,14)15)9(6-10)7-16/h2-6H,1H3. The van der Waals surface area contributed by atoms with Gasteiger partial charge >= 0.3 is 6.18 Å². The molecular weight excluding hydrogens is 243 g/mol. The highest BCUT2D eigenvalue weighted by atomic mass is 19.4. The first-order chi connectivity index (χ1) is 8.41. The van der Waals surface area contributed by atoms with Gasteiger partial charge in [-0.3, -0.25) is 0 Å². The molecule has 3 nitrogen and oxygen atoms in total. The number of rotatable bonds is 1. The summed E-state index contributed by atoms with van der Waals surface area (Å²) in [6, 6.07) is 6.64. The second-order valence-corrected chi connectivity index (χ2v) is 3.74. The van der Waals surface area contributed by atoms with E-state index in [9.17, 15) is 13.2 Å². The van der Waals surface area contributed by atoms with Gasteiger partial charge in [0.2, 0.25) is 0 Å². The lowest BCUT2D eigenvalue weighted by Gasteiger charge is -2.10. The Balaban J connectivity index is 2.53. The van der Waals surface area contributed by atoms with E-state index in [4.69, 9.17) is 5.26 Å². The van der Waals surface area contributed by atoms with Crippen molar-refractivity contribution in [1.82, 2.24) is 9.78 Å². The quantitative estimate of drug-likeness (QED) is 0.781. The van der Waals surface area contributed by atoms with Crippen molar-refractivity contribution in [2.75, 3.05) is 0 Å². The van der Waals surface area contributed by atoms with Gasteiger partial charge in [0.1, 0.15) is 0 Å².